The number of hydrogen-bond acceptors (Lipinski definition) is 2. The molecule has 0 unspecified atom stereocenters. The molecule has 3 aromatic rings. The molecule has 2 aromatic heterocycles. The molecule has 0 saturated carbocycles. The Hall–Kier alpha value is -1.81. The molecular formula is C14H12BrN3. The highest BCUT2D eigenvalue weighted by Gasteiger charge is 2.02. The maximum absolute atomic E-state index is 5.78. The Labute approximate surface area is 113 Å². The summed E-state index contributed by atoms with van der Waals surface area (Å²) in [5, 5.41) is 1.16. The monoisotopic (exact) mass is 301 g/mol. The predicted octanol–water partition coefficient (Wildman–Crippen LogP) is 3.43. The third-order valence-electron chi connectivity index (χ3n) is 2.92. The lowest BCUT2D eigenvalue weighted by Gasteiger charge is -2.05. The summed E-state index contributed by atoms with van der Waals surface area (Å²) >= 11 is 3.39. The third kappa shape index (κ3) is 2.11. The topological polar surface area (TPSA) is 43.8 Å². The van der Waals surface area contributed by atoms with Gasteiger partial charge in [0.25, 0.3) is 0 Å². The van der Waals surface area contributed by atoms with Crippen LogP contribution < -0.4 is 5.73 Å². The van der Waals surface area contributed by atoms with Gasteiger partial charge in [0, 0.05) is 33.5 Å². The molecule has 0 bridgehead atoms. The molecule has 4 heteroatoms. The number of hydrogen-bond donors (Lipinski definition) is 1. The van der Waals surface area contributed by atoms with Crippen LogP contribution in [0.2, 0.25) is 0 Å². The van der Waals surface area contributed by atoms with Crippen LogP contribution >= 0.6 is 15.9 Å². The first-order valence-corrected chi connectivity index (χ1v) is 6.46. The van der Waals surface area contributed by atoms with E-state index in [1.165, 1.54) is 5.52 Å². The van der Waals surface area contributed by atoms with Crippen LogP contribution in [-0.4, -0.2) is 9.55 Å². The van der Waals surface area contributed by atoms with Gasteiger partial charge < -0.3 is 10.3 Å². The van der Waals surface area contributed by atoms with E-state index in [1.54, 1.807) is 0 Å². The van der Waals surface area contributed by atoms with Crippen molar-refractivity contribution >= 4 is 32.5 Å². The third-order valence-corrected chi connectivity index (χ3v) is 3.39. The number of aromatic nitrogens is 2. The number of fused-ring (bicyclic) bond motifs is 1. The average Bonchev–Trinajstić information content (AvgIpc) is 2.74. The van der Waals surface area contributed by atoms with Crippen LogP contribution in [0.4, 0.5) is 5.69 Å². The van der Waals surface area contributed by atoms with Crippen LogP contribution in [0, 0.1) is 0 Å². The molecule has 2 N–H and O–H groups in total. The van der Waals surface area contributed by atoms with E-state index in [4.69, 9.17) is 5.73 Å². The maximum Gasteiger partial charge on any atom is 0.0648 e. The van der Waals surface area contributed by atoms with Gasteiger partial charge >= 0.3 is 0 Å². The van der Waals surface area contributed by atoms with Crippen molar-refractivity contribution in [3.8, 4) is 0 Å². The number of pyridine rings is 1. The van der Waals surface area contributed by atoms with Crippen molar-refractivity contribution in [2.45, 2.75) is 6.54 Å². The summed E-state index contributed by atoms with van der Waals surface area (Å²) < 4.78 is 3.17. The predicted molar refractivity (Wildman–Crippen MR) is 77.4 cm³/mol. The fourth-order valence-corrected chi connectivity index (χ4v) is 2.27. The zero-order valence-corrected chi connectivity index (χ0v) is 11.3. The van der Waals surface area contributed by atoms with Crippen molar-refractivity contribution in [2.75, 3.05) is 5.73 Å². The van der Waals surface area contributed by atoms with Crippen LogP contribution in [0.25, 0.3) is 10.9 Å². The van der Waals surface area contributed by atoms with Crippen LogP contribution in [0.1, 0.15) is 5.69 Å². The van der Waals surface area contributed by atoms with Crippen molar-refractivity contribution in [2.24, 2.45) is 0 Å². The molecule has 0 spiro atoms. The van der Waals surface area contributed by atoms with Gasteiger partial charge in [0.05, 0.1) is 12.2 Å². The number of halogens is 1. The van der Waals surface area contributed by atoms with Gasteiger partial charge in [0.15, 0.2) is 0 Å². The molecule has 3 rings (SSSR count). The number of nitrogen functional groups attached to an aromatic ring is 1. The summed E-state index contributed by atoms with van der Waals surface area (Å²) in [4.78, 5) is 4.39. The quantitative estimate of drug-likeness (QED) is 0.737. The van der Waals surface area contributed by atoms with E-state index < -0.39 is 0 Å². The molecule has 0 aliphatic rings. The zero-order chi connectivity index (χ0) is 12.5. The Bertz CT molecular complexity index is 686. The van der Waals surface area contributed by atoms with Crippen molar-refractivity contribution < 1.29 is 0 Å². The Kier molecular flexibility index (Phi) is 2.80. The van der Waals surface area contributed by atoms with Crippen LogP contribution in [0.5, 0.6) is 0 Å². The van der Waals surface area contributed by atoms with Gasteiger partial charge in [-0.2, -0.15) is 0 Å². The summed E-state index contributed by atoms with van der Waals surface area (Å²) in [5.41, 5.74) is 8.78. The van der Waals surface area contributed by atoms with E-state index in [9.17, 15) is 0 Å². The minimum atomic E-state index is 0.765. The van der Waals surface area contributed by atoms with Crippen LogP contribution in [0.3, 0.4) is 0 Å². The highest BCUT2D eigenvalue weighted by molar-refractivity contribution is 9.10. The number of rotatable bonds is 2. The summed E-state index contributed by atoms with van der Waals surface area (Å²) in [5.74, 6) is 0. The normalized spacial score (nSPS) is 10.9. The SMILES string of the molecule is Nc1ccc2c(ccn2Cc2ccc(Br)cn2)c1. The minimum Gasteiger partial charge on any atom is -0.399 e. The second-order valence-electron chi connectivity index (χ2n) is 4.23. The molecule has 2 heterocycles. The fraction of sp³-hybridized carbons (Fsp3) is 0.0714. The highest BCUT2D eigenvalue weighted by atomic mass is 79.9. The summed E-state index contributed by atoms with van der Waals surface area (Å²) in [6.45, 7) is 0.765. The fourth-order valence-electron chi connectivity index (χ4n) is 2.03. The smallest absolute Gasteiger partial charge is 0.0648 e. The molecular weight excluding hydrogens is 290 g/mol. The number of nitrogens with two attached hydrogens (primary N) is 1. The number of anilines is 1. The molecule has 0 aliphatic carbocycles. The Morgan fingerprint density at radius 3 is 2.83 bits per heavy atom. The molecule has 0 amide bonds. The second-order valence-corrected chi connectivity index (χ2v) is 5.15. The van der Waals surface area contributed by atoms with E-state index in [1.807, 2.05) is 36.5 Å². The molecule has 0 saturated heterocycles. The van der Waals surface area contributed by atoms with Gasteiger partial charge in [-0.15, -0.1) is 0 Å². The van der Waals surface area contributed by atoms with Crippen LogP contribution in [-0.2, 0) is 6.54 Å². The maximum atomic E-state index is 5.78. The second kappa shape index (κ2) is 4.46. The zero-order valence-electron chi connectivity index (χ0n) is 9.68. The summed E-state index contributed by atoms with van der Waals surface area (Å²) in [6, 6.07) is 12.1. The number of nitrogens with zero attached hydrogens (tertiary/aromatic N) is 2. The molecule has 0 radical (unpaired) electrons. The van der Waals surface area contributed by atoms with Crippen molar-refractivity contribution in [1.29, 1.82) is 0 Å². The lowest BCUT2D eigenvalue weighted by Crippen LogP contribution is -1.99. The molecule has 1 aromatic carbocycles. The molecule has 18 heavy (non-hydrogen) atoms. The molecule has 3 nitrogen and oxygen atoms in total. The van der Waals surface area contributed by atoms with Gasteiger partial charge in [-0.25, -0.2) is 0 Å². The first-order chi connectivity index (χ1) is 8.72. The highest BCUT2D eigenvalue weighted by Crippen LogP contribution is 2.19. The minimum absolute atomic E-state index is 0.765. The first kappa shape index (κ1) is 11.3. The summed E-state index contributed by atoms with van der Waals surface area (Å²) in [6.07, 6.45) is 3.88. The standard InChI is InChI=1S/C14H12BrN3/c15-11-1-3-13(17-8-11)9-18-6-5-10-7-12(16)2-4-14(10)18/h1-8H,9,16H2. The van der Waals surface area contributed by atoms with E-state index >= 15 is 0 Å². The van der Waals surface area contributed by atoms with Crippen molar-refractivity contribution in [3.05, 3.63) is 59.0 Å². The lowest BCUT2D eigenvalue weighted by atomic mass is 10.2. The van der Waals surface area contributed by atoms with E-state index in [2.05, 4.69) is 37.7 Å². The van der Waals surface area contributed by atoms with Gasteiger partial charge in [0.2, 0.25) is 0 Å². The van der Waals surface area contributed by atoms with Gasteiger partial charge in [0.1, 0.15) is 0 Å². The van der Waals surface area contributed by atoms with Crippen molar-refractivity contribution in [3.63, 3.8) is 0 Å². The Morgan fingerprint density at radius 2 is 2.06 bits per heavy atom. The van der Waals surface area contributed by atoms with Crippen LogP contribution in [0.15, 0.2) is 53.3 Å². The average molecular weight is 302 g/mol. The van der Waals surface area contributed by atoms with Gasteiger partial charge in [-0.1, -0.05) is 0 Å². The van der Waals surface area contributed by atoms with Gasteiger partial charge in [-0.05, 0) is 52.3 Å². The lowest BCUT2D eigenvalue weighted by molar-refractivity contribution is 0.807. The Balaban J connectivity index is 1.97. The largest absolute Gasteiger partial charge is 0.399 e. The van der Waals surface area contributed by atoms with Gasteiger partial charge in [-0.3, -0.25) is 4.98 Å². The molecule has 0 atom stereocenters. The van der Waals surface area contributed by atoms with E-state index in [0.717, 1.165) is 27.8 Å². The number of benzene rings is 1. The van der Waals surface area contributed by atoms with E-state index in [-0.39, 0.29) is 0 Å². The van der Waals surface area contributed by atoms with Crippen molar-refractivity contribution in [1.82, 2.24) is 9.55 Å². The summed E-state index contributed by atoms with van der Waals surface area (Å²) in [7, 11) is 0. The Morgan fingerprint density at radius 1 is 1.17 bits per heavy atom. The molecule has 0 aliphatic heterocycles. The molecule has 0 fully saturated rings. The first-order valence-electron chi connectivity index (χ1n) is 5.67. The van der Waals surface area contributed by atoms with E-state index in [0.29, 0.717) is 0 Å². The molecule has 90 valence electrons.